The van der Waals surface area contributed by atoms with Crippen LogP contribution in [-0.4, -0.2) is 25.8 Å². The fourth-order valence-corrected chi connectivity index (χ4v) is 3.26. The van der Waals surface area contributed by atoms with Crippen molar-refractivity contribution in [1.82, 2.24) is 19.7 Å². The Morgan fingerprint density at radius 3 is 2.84 bits per heavy atom. The quantitative estimate of drug-likeness (QED) is 0.844. The summed E-state index contributed by atoms with van der Waals surface area (Å²) in [5.74, 6) is 0. The molecule has 3 rings (SSSR count). The molecule has 1 saturated carbocycles. The predicted molar refractivity (Wildman–Crippen MR) is 74.5 cm³/mol. The van der Waals surface area contributed by atoms with E-state index in [4.69, 9.17) is 4.99 Å². The van der Waals surface area contributed by atoms with Gasteiger partial charge in [0.25, 0.3) is 0 Å². The fourth-order valence-electron chi connectivity index (χ4n) is 2.34. The molecular formula is C13H17N5S. The molecule has 0 amide bonds. The average Bonchev–Trinajstić information content (AvgIpc) is 2.82. The van der Waals surface area contributed by atoms with Gasteiger partial charge in [-0.05, 0) is 12.8 Å². The number of rotatable bonds is 2. The molecule has 19 heavy (non-hydrogen) atoms. The van der Waals surface area contributed by atoms with Gasteiger partial charge < -0.3 is 0 Å². The molecule has 0 aliphatic heterocycles. The number of hydrogen-bond acceptors (Lipinski definition) is 5. The summed E-state index contributed by atoms with van der Waals surface area (Å²) in [6.07, 6.45) is 11.5. The van der Waals surface area contributed by atoms with Crippen LogP contribution >= 0.6 is 11.3 Å². The van der Waals surface area contributed by atoms with E-state index in [9.17, 15) is 0 Å². The van der Waals surface area contributed by atoms with Crippen molar-refractivity contribution in [2.75, 3.05) is 0 Å². The molecule has 1 aliphatic carbocycles. The Hall–Kier alpha value is -1.56. The van der Waals surface area contributed by atoms with Crippen LogP contribution in [0.2, 0.25) is 0 Å². The molecule has 0 aromatic carbocycles. The fraction of sp³-hybridized carbons (Fsp3) is 0.538. The first kappa shape index (κ1) is 12.5. The van der Waals surface area contributed by atoms with Crippen LogP contribution in [0.4, 0.5) is 0 Å². The number of aryl methyl sites for hydroxylation is 1. The topological polar surface area (TPSA) is 56.0 Å². The molecule has 5 nitrogen and oxygen atoms in total. The first-order chi connectivity index (χ1) is 9.33. The summed E-state index contributed by atoms with van der Waals surface area (Å²) in [7, 11) is 1.94. The molecule has 2 heterocycles. The van der Waals surface area contributed by atoms with Gasteiger partial charge in [-0.2, -0.15) is 5.10 Å². The summed E-state index contributed by atoms with van der Waals surface area (Å²) in [6.45, 7) is 0. The third kappa shape index (κ3) is 2.89. The lowest BCUT2D eigenvalue weighted by atomic mass is 9.96. The van der Waals surface area contributed by atoms with Crippen LogP contribution in [0.5, 0.6) is 0 Å². The van der Waals surface area contributed by atoms with Crippen molar-refractivity contribution in [3.63, 3.8) is 0 Å². The summed E-state index contributed by atoms with van der Waals surface area (Å²) in [5.41, 5.74) is 0.813. The Balaban J connectivity index is 1.91. The highest BCUT2D eigenvalue weighted by molar-refractivity contribution is 7.12. The molecule has 0 saturated heterocycles. The highest BCUT2D eigenvalue weighted by Gasteiger charge is 2.13. The molecule has 0 spiro atoms. The highest BCUT2D eigenvalue weighted by Crippen LogP contribution is 2.20. The lowest BCUT2D eigenvalue weighted by Gasteiger charge is -2.16. The minimum absolute atomic E-state index is 0.468. The van der Waals surface area contributed by atoms with Crippen LogP contribution in [0.25, 0.3) is 10.7 Å². The van der Waals surface area contributed by atoms with Crippen LogP contribution in [0.3, 0.4) is 0 Å². The third-order valence-electron chi connectivity index (χ3n) is 3.36. The molecule has 0 N–H and O–H groups in total. The molecule has 0 radical (unpaired) electrons. The van der Waals surface area contributed by atoms with Gasteiger partial charge in [0.1, 0.15) is 5.69 Å². The first-order valence-corrected chi connectivity index (χ1v) is 7.49. The number of aromatic nitrogens is 4. The Labute approximate surface area is 116 Å². The Morgan fingerprint density at radius 2 is 2.11 bits per heavy atom. The average molecular weight is 275 g/mol. The normalized spacial score (nSPS) is 17.8. The second-order valence-electron chi connectivity index (χ2n) is 4.82. The Kier molecular flexibility index (Phi) is 3.68. The summed E-state index contributed by atoms with van der Waals surface area (Å²) in [4.78, 5) is 14.2. The molecule has 1 aliphatic rings. The van der Waals surface area contributed by atoms with Gasteiger partial charge in [0.2, 0.25) is 4.80 Å². The van der Waals surface area contributed by atoms with Crippen molar-refractivity contribution in [2.45, 2.75) is 38.1 Å². The Morgan fingerprint density at radius 1 is 1.26 bits per heavy atom. The van der Waals surface area contributed by atoms with Crippen molar-refractivity contribution in [3.8, 4) is 10.7 Å². The van der Waals surface area contributed by atoms with E-state index in [2.05, 4.69) is 15.1 Å². The summed E-state index contributed by atoms with van der Waals surface area (Å²) in [5, 5.41) is 5.37. The maximum Gasteiger partial charge on any atom is 0.203 e. The van der Waals surface area contributed by atoms with Gasteiger partial charge in [-0.15, -0.1) is 0 Å². The predicted octanol–water partition coefficient (Wildman–Crippen LogP) is 2.17. The molecular weight excluding hydrogens is 258 g/mol. The molecule has 6 heteroatoms. The van der Waals surface area contributed by atoms with E-state index in [1.54, 1.807) is 29.9 Å². The molecule has 0 unspecified atom stereocenters. The van der Waals surface area contributed by atoms with E-state index in [0.717, 1.165) is 15.5 Å². The lowest BCUT2D eigenvalue weighted by Crippen LogP contribution is -2.18. The van der Waals surface area contributed by atoms with E-state index in [1.807, 2.05) is 11.7 Å². The molecule has 2 aromatic heterocycles. The van der Waals surface area contributed by atoms with Gasteiger partial charge >= 0.3 is 0 Å². The molecule has 100 valence electrons. The van der Waals surface area contributed by atoms with Crippen molar-refractivity contribution in [2.24, 2.45) is 12.0 Å². The van der Waals surface area contributed by atoms with E-state index in [1.165, 1.54) is 32.1 Å². The number of nitrogens with zero attached hydrogens (tertiary/aromatic N) is 5. The molecule has 0 bridgehead atoms. The van der Waals surface area contributed by atoms with Crippen molar-refractivity contribution in [1.29, 1.82) is 0 Å². The highest BCUT2D eigenvalue weighted by atomic mass is 32.1. The van der Waals surface area contributed by atoms with E-state index in [-0.39, 0.29) is 0 Å². The van der Waals surface area contributed by atoms with Gasteiger partial charge in [-0.25, -0.2) is 4.68 Å². The minimum atomic E-state index is 0.468. The minimum Gasteiger partial charge on any atom is -0.261 e. The maximum atomic E-state index is 4.83. The standard InChI is InChI=1S/C13H17N5S/c1-18-13(16-10-5-3-2-4-6-10)19-12(17-18)11-9-14-7-8-15-11/h7-10H,2-6H2,1H3. The molecule has 2 aromatic rings. The van der Waals surface area contributed by atoms with Crippen LogP contribution < -0.4 is 4.80 Å². The lowest BCUT2D eigenvalue weighted by molar-refractivity contribution is 0.434. The van der Waals surface area contributed by atoms with Crippen LogP contribution in [0.15, 0.2) is 23.6 Å². The van der Waals surface area contributed by atoms with Gasteiger partial charge in [0.05, 0.1) is 12.2 Å². The zero-order valence-electron chi connectivity index (χ0n) is 11.0. The van der Waals surface area contributed by atoms with E-state index >= 15 is 0 Å². The van der Waals surface area contributed by atoms with Gasteiger partial charge in [-0.3, -0.25) is 15.0 Å². The molecule has 0 atom stereocenters. The smallest absolute Gasteiger partial charge is 0.203 e. The largest absolute Gasteiger partial charge is 0.261 e. The summed E-state index contributed by atoms with van der Waals surface area (Å²) < 4.78 is 1.85. The van der Waals surface area contributed by atoms with Crippen LogP contribution in [-0.2, 0) is 7.05 Å². The maximum absolute atomic E-state index is 4.83. The summed E-state index contributed by atoms with van der Waals surface area (Å²) in [6, 6.07) is 0.468. The second-order valence-corrected chi connectivity index (χ2v) is 5.78. The van der Waals surface area contributed by atoms with Gasteiger partial charge in [0, 0.05) is 19.4 Å². The number of hydrogen-bond donors (Lipinski definition) is 0. The third-order valence-corrected chi connectivity index (χ3v) is 4.39. The Bertz CT molecular complexity index is 595. The zero-order chi connectivity index (χ0) is 13.1. The van der Waals surface area contributed by atoms with Crippen LogP contribution in [0.1, 0.15) is 32.1 Å². The van der Waals surface area contributed by atoms with Crippen molar-refractivity contribution < 1.29 is 0 Å². The van der Waals surface area contributed by atoms with Gasteiger partial charge in [-0.1, -0.05) is 30.6 Å². The van der Waals surface area contributed by atoms with E-state index < -0.39 is 0 Å². The SMILES string of the molecule is Cn1nc(-c2cnccn2)sc1=NC1CCCCC1. The van der Waals surface area contributed by atoms with Gasteiger partial charge in [0.15, 0.2) is 5.01 Å². The summed E-state index contributed by atoms with van der Waals surface area (Å²) >= 11 is 1.59. The molecule has 1 fully saturated rings. The first-order valence-electron chi connectivity index (χ1n) is 6.67. The van der Waals surface area contributed by atoms with Crippen molar-refractivity contribution >= 4 is 11.3 Å². The monoisotopic (exact) mass is 275 g/mol. The second kappa shape index (κ2) is 5.61. The van der Waals surface area contributed by atoms with Crippen LogP contribution in [0, 0.1) is 0 Å². The zero-order valence-corrected chi connectivity index (χ0v) is 11.8. The van der Waals surface area contributed by atoms with Crippen molar-refractivity contribution in [3.05, 3.63) is 23.4 Å². The van der Waals surface area contributed by atoms with E-state index in [0.29, 0.717) is 6.04 Å².